The molecule has 0 amide bonds. The van der Waals surface area contributed by atoms with Crippen LogP contribution in [0.1, 0.15) is 17.5 Å². The van der Waals surface area contributed by atoms with Gasteiger partial charge in [0.25, 0.3) is 0 Å². The van der Waals surface area contributed by atoms with Gasteiger partial charge in [-0.15, -0.1) is 0 Å². The summed E-state index contributed by atoms with van der Waals surface area (Å²) in [6, 6.07) is 9.86. The Labute approximate surface area is 160 Å². The van der Waals surface area contributed by atoms with E-state index in [9.17, 15) is 12.8 Å². The first-order valence-electron chi connectivity index (χ1n) is 8.95. The molecule has 1 unspecified atom stereocenters. The largest absolute Gasteiger partial charge is 0.497 e. The Kier molecular flexibility index (Phi) is 5.72. The lowest BCUT2D eigenvalue weighted by atomic mass is 10.1. The lowest BCUT2D eigenvalue weighted by Crippen LogP contribution is -2.32. The van der Waals surface area contributed by atoms with Crippen LogP contribution in [0.3, 0.4) is 0 Å². The molecule has 1 fully saturated rings. The van der Waals surface area contributed by atoms with E-state index in [1.807, 2.05) is 0 Å². The van der Waals surface area contributed by atoms with Crippen LogP contribution in [-0.2, 0) is 10.0 Å². The maximum atomic E-state index is 13.1. The highest BCUT2D eigenvalue weighted by Gasteiger charge is 2.26. The van der Waals surface area contributed by atoms with Crippen molar-refractivity contribution in [2.24, 2.45) is 5.92 Å². The first-order chi connectivity index (χ1) is 12.8. The molecule has 1 aliphatic rings. The number of sulfonamides is 1. The second kappa shape index (κ2) is 7.86. The minimum absolute atomic E-state index is 0.212. The summed E-state index contributed by atoms with van der Waals surface area (Å²) in [7, 11) is -2.03. The molecule has 3 rings (SSSR count). The summed E-state index contributed by atoms with van der Waals surface area (Å²) in [4.78, 5) is 2.47. The van der Waals surface area contributed by atoms with Gasteiger partial charge in [-0.25, -0.2) is 17.5 Å². The van der Waals surface area contributed by atoms with Gasteiger partial charge in [0.1, 0.15) is 11.6 Å². The number of nitrogens with zero attached hydrogens (tertiary/aromatic N) is 1. The fourth-order valence-corrected chi connectivity index (χ4v) is 5.20. The predicted octanol–water partition coefficient (Wildman–Crippen LogP) is 3.26. The molecule has 2 aromatic carbocycles. The number of hydrogen-bond donors (Lipinski definition) is 1. The average molecular weight is 392 g/mol. The summed E-state index contributed by atoms with van der Waals surface area (Å²) in [5.74, 6) is 0.603. The van der Waals surface area contributed by atoms with Crippen molar-refractivity contribution >= 4 is 15.7 Å². The third kappa shape index (κ3) is 4.42. The molecule has 0 bridgehead atoms. The van der Waals surface area contributed by atoms with Crippen LogP contribution >= 0.6 is 0 Å². The number of hydrogen-bond acceptors (Lipinski definition) is 4. The standard InChI is InChI=1S/C20H25FN2O3S/c1-14-10-19(26-3)11-15(2)20(14)27(24,25)22-12-16-8-9-23(13-16)18-6-4-17(21)5-7-18/h4-7,10-11,16,22H,8-9,12-13H2,1-3H3. The van der Waals surface area contributed by atoms with E-state index in [2.05, 4.69) is 9.62 Å². The number of aryl methyl sites for hydroxylation is 2. The normalized spacial score (nSPS) is 17.3. The van der Waals surface area contributed by atoms with E-state index >= 15 is 0 Å². The van der Waals surface area contributed by atoms with E-state index in [1.54, 1.807) is 45.2 Å². The van der Waals surface area contributed by atoms with Crippen LogP contribution in [0, 0.1) is 25.6 Å². The third-order valence-corrected chi connectivity index (χ3v) is 6.71. The molecule has 2 aromatic rings. The number of halogens is 1. The van der Waals surface area contributed by atoms with Crippen LogP contribution in [0.15, 0.2) is 41.3 Å². The molecule has 1 atom stereocenters. The van der Waals surface area contributed by atoms with Crippen molar-refractivity contribution in [3.8, 4) is 5.75 Å². The molecular formula is C20H25FN2O3S. The SMILES string of the molecule is COc1cc(C)c(S(=O)(=O)NCC2CCN(c3ccc(F)cc3)C2)c(C)c1. The molecule has 1 aliphatic heterocycles. The van der Waals surface area contributed by atoms with E-state index < -0.39 is 10.0 Å². The molecule has 0 radical (unpaired) electrons. The molecule has 1 heterocycles. The Hall–Kier alpha value is -2.12. The van der Waals surface area contributed by atoms with Gasteiger partial charge in [-0.3, -0.25) is 0 Å². The zero-order chi connectivity index (χ0) is 19.6. The van der Waals surface area contributed by atoms with Crippen LogP contribution in [0.2, 0.25) is 0 Å². The average Bonchev–Trinajstić information content (AvgIpc) is 3.09. The van der Waals surface area contributed by atoms with Crippen molar-refractivity contribution in [1.29, 1.82) is 0 Å². The summed E-state index contributed by atoms with van der Waals surface area (Å²) in [5.41, 5.74) is 2.29. The second-order valence-corrected chi connectivity index (χ2v) is 8.72. The summed E-state index contributed by atoms with van der Waals surface area (Å²) in [6.45, 7) is 5.50. The molecular weight excluding hydrogens is 367 g/mol. The maximum Gasteiger partial charge on any atom is 0.241 e. The fourth-order valence-electron chi connectivity index (χ4n) is 3.64. The Morgan fingerprint density at radius 2 is 1.81 bits per heavy atom. The molecule has 0 aliphatic carbocycles. The Balaban J connectivity index is 1.65. The lowest BCUT2D eigenvalue weighted by Gasteiger charge is -2.19. The van der Waals surface area contributed by atoms with Gasteiger partial charge in [0.2, 0.25) is 10.0 Å². The van der Waals surface area contributed by atoms with Crippen LogP contribution in [-0.4, -0.2) is 35.2 Å². The fraction of sp³-hybridized carbons (Fsp3) is 0.400. The quantitative estimate of drug-likeness (QED) is 0.820. The smallest absolute Gasteiger partial charge is 0.241 e. The lowest BCUT2D eigenvalue weighted by molar-refractivity contribution is 0.413. The van der Waals surface area contributed by atoms with Crippen molar-refractivity contribution in [3.05, 3.63) is 53.3 Å². The number of anilines is 1. The predicted molar refractivity (Wildman–Crippen MR) is 104 cm³/mol. The van der Waals surface area contributed by atoms with Gasteiger partial charge < -0.3 is 9.64 Å². The molecule has 146 valence electrons. The summed E-state index contributed by atoms with van der Waals surface area (Å²) < 4.78 is 46.7. The maximum absolute atomic E-state index is 13.1. The number of benzene rings is 2. The Morgan fingerprint density at radius 3 is 2.41 bits per heavy atom. The zero-order valence-corrected chi connectivity index (χ0v) is 16.6. The van der Waals surface area contributed by atoms with E-state index in [4.69, 9.17) is 4.74 Å². The van der Waals surface area contributed by atoms with E-state index in [-0.39, 0.29) is 11.7 Å². The van der Waals surface area contributed by atoms with E-state index in [1.165, 1.54) is 12.1 Å². The molecule has 5 nitrogen and oxygen atoms in total. The van der Waals surface area contributed by atoms with Gasteiger partial charge in [0.15, 0.2) is 0 Å². The van der Waals surface area contributed by atoms with Crippen molar-refractivity contribution in [2.75, 3.05) is 31.6 Å². The van der Waals surface area contributed by atoms with Gasteiger partial charge >= 0.3 is 0 Å². The Bertz CT molecular complexity index is 890. The zero-order valence-electron chi connectivity index (χ0n) is 15.8. The van der Waals surface area contributed by atoms with Crippen molar-refractivity contribution in [2.45, 2.75) is 25.2 Å². The summed E-state index contributed by atoms with van der Waals surface area (Å²) in [6.07, 6.45) is 0.889. The van der Waals surface area contributed by atoms with E-state index in [0.29, 0.717) is 28.3 Å². The monoisotopic (exact) mass is 392 g/mol. The number of ether oxygens (including phenoxy) is 1. The molecule has 7 heteroatoms. The highest BCUT2D eigenvalue weighted by Crippen LogP contribution is 2.27. The molecule has 1 saturated heterocycles. The van der Waals surface area contributed by atoms with E-state index in [0.717, 1.165) is 25.2 Å². The van der Waals surface area contributed by atoms with Gasteiger partial charge in [0, 0.05) is 25.3 Å². The molecule has 0 aromatic heterocycles. The highest BCUT2D eigenvalue weighted by atomic mass is 32.2. The van der Waals surface area contributed by atoms with Crippen LogP contribution < -0.4 is 14.4 Å². The van der Waals surface area contributed by atoms with Crippen LogP contribution in [0.4, 0.5) is 10.1 Å². The Morgan fingerprint density at radius 1 is 1.19 bits per heavy atom. The van der Waals surface area contributed by atoms with Crippen LogP contribution in [0.5, 0.6) is 5.75 Å². The van der Waals surface area contributed by atoms with Gasteiger partial charge in [-0.1, -0.05) is 0 Å². The van der Waals surface area contributed by atoms with Gasteiger partial charge in [-0.05, 0) is 73.7 Å². The molecule has 27 heavy (non-hydrogen) atoms. The van der Waals surface area contributed by atoms with Crippen LogP contribution in [0.25, 0.3) is 0 Å². The second-order valence-electron chi connectivity index (χ2n) is 7.02. The molecule has 0 spiro atoms. The van der Waals surface area contributed by atoms with Crippen molar-refractivity contribution in [1.82, 2.24) is 4.72 Å². The minimum atomic E-state index is -3.60. The molecule has 1 N–H and O–H groups in total. The summed E-state index contributed by atoms with van der Waals surface area (Å²) >= 11 is 0. The molecule has 0 saturated carbocycles. The first-order valence-corrected chi connectivity index (χ1v) is 10.4. The number of nitrogens with one attached hydrogen (secondary N) is 1. The van der Waals surface area contributed by atoms with Crippen molar-refractivity contribution in [3.63, 3.8) is 0 Å². The summed E-state index contributed by atoms with van der Waals surface area (Å²) in [5, 5.41) is 0. The van der Waals surface area contributed by atoms with Crippen molar-refractivity contribution < 1.29 is 17.5 Å². The highest BCUT2D eigenvalue weighted by molar-refractivity contribution is 7.89. The van der Waals surface area contributed by atoms with Gasteiger partial charge in [-0.2, -0.15) is 0 Å². The minimum Gasteiger partial charge on any atom is -0.497 e. The van der Waals surface area contributed by atoms with Gasteiger partial charge in [0.05, 0.1) is 12.0 Å². The number of rotatable bonds is 6. The topological polar surface area (TPSA) is 58.6 Å². The third-order valence-electron chi connectivity index (χ3n) is 4.98. The number of methoxy groups -OCH3 is 1. The first kappa shape index (κ1) is 19.6.